The van der Waals surface area contributed by atoms with Crippen LogP contribution in [-0.2, 0) is 26.3 Å². The van der Waals surface area contributed by atoms with Gasteiger partial charge < -0.3 is 19.9 Å². The van der Waals surface area contributed by atoms with E-state index in [1.165, 1.54) is 39.3 Å². The van der Waals surface area contributed by atoms with Crippen LogP contribution < -0.4 is 20.1 Å². The van der Waals surface area contributed by atoms with Gasteiger partial charge in [0.1, 0.15) is 11.4 Å². The van der Waals surface area contributed by atoms with Crippen LogP contribution in [0.5, 0.6) is 11.5 Å². The number of rotatable bonds is 6. The summed E-state index contributed by atoms with van der Waals surface area (Å²) in [5.74, 6) is -3.09. The zero-order valence-electron chi connectivity index (χ0n) is 19.5. The van der Waals surface area contributed by atoms with Crippen LogP contribution in [0.15, 0.2) is 36.4 Å². The first-order valence-electron chi connectivity index (χ1n) is 11.4. The second-order valence-corrected chi connectivity index (χ2v) is 9.13. The molecule has 3 N–H and O–H groups in total. The summed E-state index contributed by atoms with van der Waals surface area (Å²) in [6.45, 7) is 1.58. The lowest BCUT2D eigenvalue weighted by molar-refractivity contribution is -0.143. The Morgan fingerprint density at radius 2 is 1.83 bits per heavy atom. The second kappa shape index (κ2) is 8.31. The van der Waals surface area contributed by atoms with E-state index in [1.807, 2.05) is 6.07 Å². The summed E-state index contributed by atoms with van der Waals surface area (Å²) >= 11 is 0. The molecule has 0 radical (unpaired) electrons. The average molecular weight is 483 g/mol. The van der Waals surface area contributed by atoms with Crippen LogP contribution in [0.1, 0.15) is 18.1 Å². The maximum atomic E-state index is 14.2. The van der Waals surface area contributed by atoms with Crippen LogP contribution in [0.3, 0.4) is 0 Å². The third-order valence-electron chi connectivity index (χ3n) is 7.29. The Balaban J connectivity index is 1.49. The molecule has 3 aliphatic rings. The van der Waals surface area contributed by atoms with Crippen molar-refractivity contribution in [1.29, 1.82) is 0 Å². The van der Waals surface area contributed by atoms with Gasteiger partial charge in [-0.05, 0) is 49.2 Å². The van der Waals surface area contributed by atoms with E-state index in [2.05, 4.69) is 10.6 Å². The molecule has 0 bridgehead atoms. The van der Waals surface area contributed by atoms with Crippen LogP contribution in [0.2, 0.25) is 0 Å². The number of carbonyl (C=O) groups excluding carboxylic acids is 3. The Morgan fingerprint density at radius 1 is 1.09 bits per heavy atom. The van der Waals surface area contributed by atoms with E-state index in [4.69, 9.17) is 9.47 Å². The summed E-state index contributed by atoms with van der Waals surface area (Å²) in [7, 11) is 3.05. The van der Waals surface area contributed by atoms with Crippen LogP contribution >= 0.6 is 0 Å². The number of aliphatic hydroxyl groups is 1. The summed E-state index contributed by atoms with van der Waals surface area (Å²) in [6.07, 6.45) is -0.677. The Labute approximate surface area is 201 Å². The van der Waals surface area contributed by atoms with Gasteiger partial charge in [0.15, 0.2) is 11.5 Å². The van der Waals surface area contributed by atoms with Gasteiger partial charge in [-0.2, -0.15) is 0 Å². The molecule has 2 saturated heterocycles. The number of ether oxygens (including phenoxy) is 2. The molecule has 10 heteroatoms. The van der Waals surface area contributed by atoms with Crippen molar-refractivity contribution >= 4 is 23.4 Å². The highest BCUT2D eigenvalue weighted by Crippen LogP contribution is 2.53. The van der Waals surface area contributed by atoms with Crippen molar-refractivity contribution in [2.45, 2.75) is 31.0 Å². The molecule has 0 aliphatic carbocycles. The molecule has 0 saturated carbocycles. The molecule has 5 rings (SSSR count). The molecule has 2 aromatic rings. The van der Waals surface area contributed by atoms with E-state index in [0.29, 0.717) is 23.6 Å². The number of halogens is 1. The van der Waals surface area contributed by atoms with Gasteiger partial charge in [-0.25, -0.2) is 4.39 Å². The molecule has 184 valence electrons. The third-order valence-corrected chi connectivity index (χ3v) is 7.29. The van der Waals surface area contributed by atoms with Crippen molar-refractivity contribution in [3.05, 3.63) is 53.3 Å². The molecule has 2 fully saturated rings. The monoisotopic (exact) mass is 483 g/mol. The standard InChI is InChI=1S/C25H26FN3O6/c1-12(30)21-19-20(25(28-21)15-11-14(26)5-6-16(15)27-24(25)33)23(32)29(22(19)31)9-8-13-4-7-17(34-2)18(10-13)35-3/h4-7,10-12,19-21,28,30H,8-9H2,1-3H3,(H,27,33)/t12-,19-,20-,21+,25+/m0/s1. The van der Waals surface area contributed by atoms with Gasteiger partial charge in [0.2, 0.25) is 17.7 Å². The van der Waals surface area contributed by atoms with Crippen molar-refractivity contribution in [3.8, 4) is 11.5 Å². The summed E-state index contributed by atoms with van der Waals surface area (Å²) in [4.78, 5) is 41.6. The van der Waals surface area contributed by atoms with Gasteiger partial charge in [-0.3, -0.25) is 24.6 Å². The van der Waals surface area contributed by atoms with Gasteiger partial charge in [0.25, 0.3) is 0 Å². The number of nitrogens with zero attached hydrogens (tertiary/aromatic N) is 1. The van der Waals surface area contributed by atoms with Gasteiger partial charge in [-0.1, -0.05) is 6.07 Å². The molecular formula is C25H26FN3O6. The maximum absolute atomic E-state index is 14.2. The van der Waals surface area contributed by atoms with Gasteiger partial charge >= 0.3 is 0 Å². The molecule has 9 nitrogen and oxygen atoms in total. The highest BCUT2D eigenvalue weighted by atomic mass is 19.1. The molecular weight excluding hydrogens is 457 g/mol. The lowest BCUT2D eigenvalue weighted by Gasteiger charge is -2.30. The lowest BCUT2D eigenvalue weighted by atomic mass is 9.76. The Morgan fingerprint density at radius 3 is 2.51 bits per heavy atom. The van der Waals surface area contributed by atoms with Crippen molar-refractivity contribution in [2.24, 2.45) is 11.8 Å². The molecule has 2 aromatic carbocycles. The smallest absolute Gasteiger partial charge is 0.250 e. The van der Waals surface area contributed by atoms with Crippen LogP contribution in [0.25, 0.3) is 0 Å². The van der Waals surface area contributed by atoms with Gasteiger partial charge in [-0.15, -0.1) is 0 Å². The molecule has 35 heavy (non-hydrogen) atoms. The SMILES string of the molecule is COc1ccc(CCN2C(=O)[C@@H]3[C@@H]([C@H](C)O)N[C@@]4(C(=O)Nc5ccc(F)cc54)[C@@H]3C2=O)cc1OC. The van der Waals surface area contributed by atoms with Crippen LogP contribution in [0.4, 0.5) is 10.1 Å². The number of amides is 3. The minimum atomic E-state index is -1.64. The second-order valence-electron chi connectivity index (χ2n) is 9.13. The highest BCUT2D eigenvalue weighted by Gasteiger charge is 2.71. The number of fused-ring (bicyclic) bond motifs is 4. The van der Waals surface area contributed by atoms with Gasteiger partial charge in [0.05, 0.1) is 32.2 Å². The predicted octanol–water partition coefficient (Wildman–Crippen LogP) is 1.19. The summed E-state index contributed by atoms with van der Waals surface area (Å²) < 4.78 is 24.8. The quantitative estimate of drug-likeness (QED) is 0.529. The molecule has 3 aliphatic heterocycles. The number of anilines is 1. The van der Waals surface area contributed by atoms with Crippen LogP contribution in [0, 0.1) is 17.7 Å². The summed E-state index contributed by atoms with van der Waals surface area (Å²) in [5.41, 5.74) is -0.179. The molecule has 0 unspecified atom stereocenters. The van der Waals surface area contributed by atoms with E-state index in [-0.39, 0.29) is 12.1 Å². The van der Waals surface area contributed by atoms with Gasteiger partial charge in [0, 0.05) is 23.8 Å². The predicted molar refractivity (Wildman–Crippen MR) is 122 cm³/mol. The lowest BCUT2D eigenvalue weighted by Crippen LogP contribution is -2.55. The van der Waals surface area contributed by atoms with E-state index in [1.54, 1.807) is 12.1 Å². The van der Waals surface area contributed by atoms with Crippen molar-refractivity contribution in [3.63, 3.8) is 0 Å². The largest absolute Gasteiger partial charge is 0.493 e. The van der Waals surface area contributed by atoms with E-state index in [9.17, 15) is 23.9 Å². The maximum Gasteiger partial charge on any atom is 0.250 e. The minimum Gasteiger partial charge on any atom is -0.493 e. The number of imide groups is 1. The van der Waals surface area contributed by atoms with E-state index < -0.39 is 53.1 Å². The number of benzene rings is 2. The molecule has 3 heterocycles. The molecule has 5 atom stereocenters. The Kier molecular flexibility index (Phi) is 5.52. The first-order valence-corrected chi connectivity index (χ1v) is 11.4. The fourth-order valence-corrected chi connectivity index (χ4v) is 5.68. The highest BCUT2D eigenvalue weighted by molar-refractivity contribution is 6.15. The zero-order chi connectivity index (χ0) is 25.1. The first-order chi connectivity index (χ1) is 16.7. The average Bonchev–Trinajstić information content (AvgIpc) is 3.43. The Hall–Kier alpha value is -3.50. The normalized spacial score (nSPS) is 27.7. The fourth-order valence-electron chi connectivity index (χ4n) is 5.68. The number of aliphatic hydroxyl groups excluding tert-OH is 1. The number of carbonyl (C=O) groups is 3. The first kappa shape index (κ1) is 23.3. The molecule has 1 spiro atoms. The van der Waals surface area contributed by atoms with Crippen molar-refractivity contribution in [2.75, 3.05) is 26.1 Å². The van der Waals surface area contributed by atoms with Crippen LogP contribution in [-0.4, -0.2) is 60.6 Å². The molecule has 0 aromatic heterocycles. The van der Waals surface area contributed by atoms with Crippen molar-refractivity contribution in [1.82, 2.24) is 10.2 Å². The number of hydrogen-bond acceptors (Lipinski definition) is 7. The number of hydrogen-bond donors (Lipinski definition) is 3. The summed E-state index contributed by atoms with van der Waals surface area (Å²) in [5, 5.41) is 16.2. The topological polar surface area (TPSA) is 117 Å². The molecule has 3 amide bonds. The summed E-state index contributed by atoms with van der Waals surface area (Å²) in [6, 6.07) is 8.32. The number of methoxy groups -OCH3 is 2. The van der Waals surface area contributed by atoms with E-state index >= 15 is 0 Å². The van der Waals surface area contributed by atoms with E-state index in [0.717, 1.165) is 10.5 Å². The van der Waals surface area contributed by atoms with Crippen molar-refractivity contribution < 1.29 is 33.4 Å². The number of likely N-dealkylation sites (tertiary alicyclic amines) is 1. The minimum absolute atomic E-state index is 0.0837. The number of nitrogens with one attached hydrogen (secondary N) is 2. The Bertz CT molecular complexity index is 1230. The zero-order valence-corrected chi connectivity index (χ0v) is 19.5. The third kappa shape index (κ3) is 3.31. The fraction of sp³-hybridized carbons (Fsp3) is 0.400.